The first kappa shape index (κ1) is 13.5. The number of aliphatic carboxylic acids is 1. The van der Waals surface area contributed by atoms with Gasteiger partial charge >= 0.3 is 85.1 Å². The van der Waals surface area contributed by atoms with Gasteiger partial charge in [-0.2, -0.15) is 0 Å². The Hall–Kier alpha value is -1.57. The Morgan fingerprint density at radius 1 is 1.06 bits per heavy atom. The second-order valence-electron chi connectivity index (χ2n) is 2.84. The summed E-state index contributed by atoms with van der Waals surface area (Å²) >= 11 is 0.352. The third-order valence-electron chi connectivity index (χ3n) is 1.38. The van der Waals surface area contributed by atoms with E-state index in [4.69, 9.17) is 9.90 Å². The van der Waals surface area contributed by atoms with E-state index in [1.807, 2.05) is 48.8 Å². The number of rotatable bonds is 2. The zero-order valence-corrected chi connectivity index (χ0v) is 10.7. The van der Waals surface area contributed by atoms with Crippen LogP contribution in [0.25, 0.3) is 0 Å². The fourth-order valence-corrected chi connectivity index (χ4v) is 2.24. The maximum absolute atomic E-state index is 9.00. The first-order valence-electron chi connectivity index (χ1n) is 4.78. The van der Waals surface area contributed by atoms with E-state index in [0.717, 1.165) is 15.3 Å². The molecule has 0 radical (unpaired) electrons. The summed E-state index contributed by atoms with van der Waals surface area (Å²) in [6.45, 7) is 1.08. The van der Waals surface area contributed by atoms with Gasteiger partial charge in [-0.05, 0) is 0 Å². The van der Waals surface area contributed by atoms with Crippen molar-refractivity contribution in [3.63, 3.8) is 0 Å². The van der Waals surface area contributed by atoms with E-state index in [1.54, 1.807) is 0 Å². The second-order valence-corrected chi connectivity index (χ2v) is 4.82. The van der Waals surface area contributed by atoms with Crippen molar-refractivity contribution in [3.05, 3.63) is 48.8 Å². The van der Waals surface area contributed by atoms with E-state index >= 15 is 0 Å². The summed E-state index contributed by atoms with van der Waals surface area (Å²) in [5, 5.41) is 7.42. The number of nitrogens with zero attached hydrogens (tertiary/aromatic N) is 2. The molecule has 1 N–H and O–H groups in total. The number of carboxylic acids is 1. The van der Waals surface area contributed by atoms with E-state index in [-0.39, 0.29) is 0 Å². The van der Waals surface area contributed by atoms with Gasteiger partial charge < -0.3 is 5.11 Å². The molecule has 92 valence electrons. The van der Waals surface area contributed by atoms with E-state index in [2.05, 4.69) is 9.97 Å². The van der Waals surface area contributed by atoms with Crippen LogP contribution in [0.5, 0.6) is 0 Å². The Balaban J connectivity index is 0.000000317. The molecular weight excluding hydrogens is 311 g/mol. The second kappa shape index (κ2) is 7.66. The van der Waals surface area contributed by atoms with E-state index < -0.39 is 5.97 Å². The Labute approximate surface area is 108 Å². The molecular formula is C12H12N2O2Pd. The third-order valence-corrected chi connectivity index (χ3v) is 3.10. The van der Waals surface area contributed by atoms with Crippen LogP contribution in [0.1, 0.15) is 6.92 Å². The Kier molecular flexibility index (Phi) is 6.09. The predicted octanol–water partition coefficient (Wildman–Crippen LogP) is 0.601. The topological polar surface area (TPSA) is 63.1 Å². The number of carbonyl (C=O) groups is 1. The van der Waals surface area contributed by atoms with Crippen LogP contribution in [-0.4, -0.2) is 21.0 Å². The van der Waals surface area contributed by atoms with Crippen LogP contribution in [0.15, 0.2) is 48.8 Å². The van der Waals surface area contributed by atoms with Crippen molar-refractivity contribution in [1.29, 1.82) is 0 Å². The first-order chi connectivity index (χ1) is 8.18. The zero-order chi connectivity index (χ0) is 12.5. The molecule has 5 heteroatoms. The Morgan fingerprint density at radius 3 is 1.76 bits per heavy atom. The molecule has 0 saturated heterocycles. The van der Waals surface area contributed by atoms with Gasteiger partial charge in [-0.3, -0.25) is 4.79 Å². The molecule has 4 nitrogen and oxygen atoms in total. The van der Waals surface area contributed by atoms with Gasteiger partial charge in [0, 0.05) is 6.92 Å². The van der Waals surface area contributed by atoms with Crippen LogP contribution < -0.4 is 8.33 Å². The molecule has 0 unspecified atom stereocenters. The molecule has 2 aromatic heterocycles. The average Bonchev–Trinajstić information content (AvgIpc) is 2.31. The van der Waals surface area contributed by atoms with Gasteiger partial charge in [-0.15, -0.1) is 0 Å². The standard InChI is InChI=1S/2C5H4N.C2H4O2.Pd/c2*1-2-4-6-5-3-1;1-2(3)4;/h2*1-4H;1H3,(H,3,4);. The number of aromatic nitrogens is 2. The van der Waals surface area contributed by atoms with Crippen molar-refractivity contribution in [2.75, 3.05) is 0 Å². The Bertz CT molecular complexity index is 407. The molecule has 0 aliphatic carbocycles. The normalized spacial score (nSPS) is 9.24. The SMILES string of the molecule is CC(=O)O.c1cc[c]([Pd][c]2ccccn2)nc1. The average molecular weight is 323 g/mol. The van der Waals surface area contributed by atoms with Crippen molar-refractivity contribution in [2.45, 2.75) is 6.92 Å². The van der Waals surface area contributed by atoms with Gasteiger partial charge in [0.15, 0.2) is 0 Å². The minimum absolute atomic E-state index is 0.352. The first-order valence-corrected chi connectivity index (χ1v) is 6.34. The monoisotopic (exact) mass is 322 g/mol. The quantitative estimate of drug-likeness (QED) is 0.823. The van der Waals surface area contributed by atoms with Crippen LogP contribution in [0.4, 0.5) is 0 Å². The third kappa shape index (κ3) is 6.57. The van der Waals surface area contributed by atoms with Crippen LogP contribution in [0, 0.1) is 0 Å². The number of hydrogen-bond acceptors (Lipinski definition) is 3. The number of pyridine rings is 2. The van der Waals surface area contributed by atoms with Crippen molar-refractivity contribution < 1.29 is 27.9 Å². The molecule has 0 spiro atoms. The zero-order valence-electron chi connectivity index (χ0n) is 9.18. The van der Waals surface area contributed by atoms with Crippen LogP contribution in [0.2, 0.25) is 0 Å². The van der Waals surface area contributed by atoms with Crippen molar-refractivity contribution in [1.82, 2.24) is 9.97 Å². The molecule has 0 saturated carbocycles. The number of hydrogen-bond donors (Lipinski definition) is 1. The van der Waals surface area contributed by atoms with Crippen molar-refractivity contribution in [3.8, 4) is 0 Å². The van der Waals surface area contributed by atoms with Gasteiger partial charge in [0.25, 0.3) is 5.97 Å². The van der Waals surface area contributed by atoms with E-state index in [9.17, 15) is 0 Å². The van der Waals surface area contributed by atoms with Crippen molar-refractivity contribution >= 4 is 14.3 Å². The molecule has 2 heterocycles. The molecule has 0 aliphatic heterocycles. The molecule has 17 heavy (non-hydrogen) atoms. The fourth-order valence-electron chi connectivity index (χ4n) is 0.839. The van der Waals surface area contributed by atoms with Gasteiger partial charge in [0.05, 0.1) is 0 Å². The summed E-state index contributed by atoms with van der Waals surface area (Å²) in [4.78, 5) is 17.5. The summed E-state index contributed by atoms with van der Waals surface area (Å²) in [7, 11) is 0. The van der Waals surface area contributed by atoms with Crippen LogP contribution in [0.3, 0.4) is 0 Å². The molecule has 0 amide bonds. The van der Waals surface area contributed by atoms with Gasteiger partial charge in [-0.1, -0.05) is 0 Å². The summed E-state index contributed by atoms with van der Waals surface area (Å²) < 4.78 is 2.21. The van der Waals surface area contributed by atoms with Crippen LogP contribution in [-0.2, 0) is 22.8 Å². The summed E-state index contributed by atoms with van der Waals surface area (Å²) in [6, 6.07) is 11.9. The molecule has 0 fully saturated rings. The molecule has 0 aromatic carbocycles. The summed E-state index contributed by atoms with van der Waals surface area (Å²) in [5.74, 6) is -0.833. The molecule has 0 bridgehead atoms. The van der Waals surface area contributed by atoms with Gasteiger partial charge in [0.2, 0.25) is 0 Å². The van der Waals surface area contributed by atoms with Gasteiger partial charge in [0.1, 0.15) is 0 Å². The molecule has 0 aliphatic rings. The maximum atomic E-state index is 9.00. The minimum atomic E-state index is -0.833. The summed E-state index contributed by atoms with van der Waals surface area (Å²) in [5.41, 5.74) is 0. The number of carboxylic acid groups (broad SMARTS) is 1. The van der Waals surface area contributed by atoms with E-state index in [0.29, 0.717) is 18.0 Å². The summed E-state index contributed by atoms with van der Waals surface area (Å²) in [6.07, 6.45) is 3.63. The predicted molar refractivity (Wildman–Crippen MR) is 61.1 cm³/mol. The van der Waals surface area contributed by atoms with Gasteiger partial charge in [-0.25, -0.2) is 0 Å². The molecule has 2 aromatic rings. The van der Waals surface area contributed by atoms with E-state index in [1.165, 1.54) is 0 Å². The van der Waals surface area contributed by atoms with Crippen molar-refractivity contribution in [2.24, 2.45) is 0 Å². The van der Waals surface area contributed by atoms with Crippen LogP contribution >= 0.6 is 0 Å². The Morgan fingerprint density at radius 2 is 1.47 bits per heavy atom. The molecule has 0 atom stereocenters. The fraction of sp³-hybridized carbons (Fsp3) is 0.0833. The molecule has 2 rings (SSSR count).